The monoisotopic (exact) mass is 383 g/mol. The fourth-order valence-electron chi connectivity index (χ4n) is 3.90. The van der Waals surface area contributed by atoms with Crippen LogP contribution in [0.15, 0.2) is 34.3 Å². The highest BCUT2D eigenvalue weighted by Gasteiger charge is 2.30. The molecule has 2 aliphatic rings. The first kappa shape index (κ1) is 20.7. The van der Waals surface area contributed by atoms with E-state index in [0.29, 0.717) is 0 Å². The van der Waals surface area contributed by atoms with Crippen LogP contribution >= 0.6 is 0 Å². The van der Waals surface area contributed by atoms with E-state index < -0.39 is 0 Å². The standard InChI is InChI=1S/C23H37N5/c1-4-5-6-7-8-9-10-13-16-24-21-25-22(27-23(2,3)26-21)28-17-19-14-11-12-15-20(19)18-28/h11-12,14-15H,4-10,13,16-18H2,1-3H3,(H2,24,25,26,27). The van der Waals surface area contributed by atoms with Crippen LogP contribution < -0.4 is 10.6 Å². The molecule has 1 aromatic carbocycles. The lowest BCUT2D eigenvalue weighted by molar-refractivity contribution is 0.394. The summed E-state index contributed by atoms with van der Waals surface area (Å²) in [6, 6.07) is 8.64. The van der Waals surface area contributed by atoms with Crippen LogP contribution in [0.25, 0.3) is 0 Å². The maximum atomic E-state index is 4.86. The smallest absolute Gasteiger partial charge is 0.203 e. The lowest BCUT2D eigenvalue weighted by atomic mass is 10.1. The van der Waals surface area contributed by atoms with E-state index in [1.54, 1.807) is 0 Å². The van der Waals surface area contributed by atoms with E-state index in [9.17, 15) is 0 Å². The summed E-state index contributed by atoms with van der Waals surface area (Å²) in [6.45, 7) is 9.15. The van der Waals surface area contributed by atoms with Gasteiger partial charge in [0.2, 0.25) is 5.96 Å². The van der Waals surface area contributed by atoms with Crippen molar-refractivity contribution < 1.29 is 0 Å². The summed E-state index contributed by atoms with van der Waals surface area (Å²) < 4.78 is 0. The Kier molecular flexibility index (Phi) is 7.35. The van der Waals surface area contributed by atoms with Gasteiger partial charge in [-0.3, -0.25) is 10.3 Å². The van der Waals surface area contributed by atoms with Crippen LogP contribution in [0.4, 0.5) is 0 Å². The molecule has 2 aliphatic heterocycles. The topological polar surface area (TPSA) is 52.0 Å². The summed E-state index contributed by atoms with van der Waals surface area (Å²) in [7, 11) is 0. The maximum absolute atomic E-state index is 4.86. The second kappa shape index (κ2) is 9.94. The van der Waals surface area contributed by atoms with Crippen LogP contribution in [0, 0.1) is 0 Å². The number of fused-ring (bicyclic) bond motifs is 1. The van der Waals surface area contributed by atoms with Crippen molar-refractivity contribution in [3.05, 3.63) is 35.4 Å². The molecule has 0 spiro atoms. The third-order valence-corrected chi connectivity index (χ3v) is 5.46. The number of aliphatic imine (C=N–C) groups is 2. The van der Waals surface area contributed by atoms with Gasteiger partial charge in [0.05, 0.1) is 0 Å². The van der Waals surface area contributed by atoms with Crippen molar-refractivity contribution in [2.75, 3.05) is 6.54 Å². The third kappa shape index (κ3) is 5.98. The molecule has 2 N–H and O–H groups in total. The zero-order valence-electron chi connectivity index (χ0n) is 17.9. The SMILES string of the molecule is CCCCCCCCCCN=C1NC(N2Cc3ccccc3C2)=NC(C)(C)N1. The molecule has 0 atom stereocenters. The highest BCUT2D eigenvalue weighted by molar-refractivity contribution is 6.01. The zero-order valence-corrected chi connectivity index (χ0v) is 17.9. The van der Waals surface area contributed by atoms with E-state index in [2.05, 4.69) is 60.6 Å². The van der Waals surface area contributed by atoms with Crippen LogP contribution in [-0.2, 0) is 13.1 Å². The highest BCUT2D eigenvalue weighted by atomic mass is 15.4. The number of hydrogen-bond acceptors (Lipinski definition) is 3. The second-order valence-corrected chi connectivity index (χ2v) is 8.57. The molecule has 3 rings (SSSR count). The molecule has 0 saturated heterocycles. The predicted molar refractivity (Wildman–Crippen MR) is 118 cm³/mol. The van der Waals surface area contributed by atoms with Crippen molar-refractivity contribution in [1.29, 1.82) is 0 Å². The van der Waals surface area contributed by atoms with E-state index in [4.69, 9.17) is 9.98 Å². The second-order valence-electron chi connectivity index (χ2n) is 8.57. The van der Waals surface area contributed by atoms with E-state index >= 15 is 0 Å². The minimum absolute atomic E-state index is 0.340. The first-order chi connectivity index (χ1) is 13.6. The molecule has 0 aromatic heterocycles. The first-order valence-electron chi connectivity index (χ1n) is 11.1. The fourth-order valence-corrected chi connectivity index (χ4v) is 3.90. The molecule has 0 radical (unpaired) electrons. The Morgan fingerprint density at radius 2 is 1.57 bits per heavy atom. The zero-order chi connectivity index (χ0) is 19.8. The van der Waals surface area contributed by atoms with Gasteiger partial charge < -0.3 is 10.2 Å². The molecular weight excluding hydrogens is 346 g/mol. The van der Waals surface area contributed by atoms with Gasteiger partial charge in [-0.05, 0) is 31.4 Å². The Bertz CT molecular complexity index is 667. The minimum Gasteiger partial charge on any atom is -0.334 e. The molecular formula is C23H37N5. The summed E-state index contributed by atoms with van der Waals surface area (Å²) in [5, 5.41) is 6.84. The lowest BCUT2D eigenvalue weighted by Gasteiger charge is -2.34. The molecule has 1 aromatic rings. The van der Waals surface area contributed by atoms with Crippen LogP contribution in [0.2, 0.25) is 0 Å². The number of rotatable bonds is 9. The Labute approximate surface area is 170 Å². The Hall–Kier alpha value is -2.04. The molecule has 28 heavy (non-hydrogen) atoms. The van der Waals surface area contributed by atoms with Crippen LogP contribution in [0.3, 0.4) is 0 Å². The molecule has 2 heterocycles. The van der Waals surface area contributed by atoms with Crippen molar-refractivity contribution in [2.24, 2.45) is 9.98 Å². The van der Waals surface area contributed by atoms with Gasteiger partial charge in [0.1, 0.15) is 5.66 Å². The number of nitrogens with one attached hydrogen (secondary N) is 2. The Morgan fingerprint density at radius 3 is 2.21 bits per heavy atom. The van der Waals surface area contributed by atoms with Gasteiger partial charge in [0.25, 0.3) is 0 Å². The average molecular weight is 384 g/mol. The molecule has 0 fully saturated rings. The maximum Gasteiger partial charge on any atom is 0.203 e. The van der Waals surface area contributed by atoms with Gasteiger partial charge in [0.15, 0.2) is 5.96 Å². The molecule has 0 bridgehead atoms. The molecule has 0 saturated carbocycles. The van der Waals surface area contributed by atoms with Gasteiger partial charge in [-0.15, -0.1) is 0 Å². The van der Waals surface area contributed by atoms with Crippen molar-refractivity contribution in [2.45, 2.75) is 90.9 Å². The first-order valence-corrected chi connectivity index (χ1v) is 11.1. The van der Waals surface area contributed by atoms with Gasteiger partial charge in [-0.1, -0.05) is 76.1 Å². The largest absolute Gasteiger partial charge is 0.334 e. The molecule has 0 aliphatic carbocycles. The summed E-state index contributed by atoms with van der Waals surface area (Å²) in [5.74, 6) is 1.78. The molecule has 5 heteroatoms. The van der Waals surface area contributed by atoms with Gasteiger partial charge in [0, 0.05) is 19.6 Å². The van der Waals surface area contributed by atoms with E-state index in [1.807, 2.05) is 0 Å². The average Bonchev–Trinajstić information content (AvgIpc) is 3.10. The van der Waals surface area contributed by atoms with Crippen molar-refractivity contribution in [1.82, 2.24) is 15.5 Å². The molecule has 0 amide bonds. The quantitative estimate of drug-likeness (QED) is 0.603. The summed E-state index contributed by atoms with van der Waals surface area (Å²) >= 11 is 0. The van der Waals surface area contributed by atoms with E-state index in [0.717, 1.165) is 38.0 Å². The van der Waals surface area contributed by atoms with Crippen LogP contribution in [-0.4, -0.2) is 29.0 Å². The van der Waals surface area contributed by atoms with Gasteiger partial charge in [-0.25, -0.2) is 4.99 Å². The normalized spacial score (nSPS) is 19.2. The van der Waals surface area contributed by atoms with Crippen molar-refractivity contribution >= 4 is 11.9 Å². The highest BCUT2D eigenvalue weighted by Crippen LogP contribution is 2.23. The van der Waals surface area contributed by atoms with Gasteiger partial charge in [-0.2, -0.15) is 0 Å². The molecule has 0 unspecified atom stereocenters. The summed E-state index contributed by atoms with van der Waals surface area (Å²) in [4.78, 5) is 12.0. The van der Waals surface area contributed by atoms with Crippen molar-refractivity contribution in [3.8, 4) is 0 Å². The number of unbranched alkanes of at least 4 members (excludes halogenated alkanes) is 7. The summed E-state index contributed by atoms with van der Waals surface area (Å²) in [6.07, 6.45) is 10.6. The number of hydrogen-bond donors (Lipinski definition) is 2. The number of guanidine groups is 2. The van der Waals surface area contributed by atoms with Crippen molar-refractivity contribution in [3.63, 3.8) is 0 Å². The Morgan fingerprint density at radius 1 is 0.964 bits per heavy atom. The Balaban J connectivity index is 1.46. The summed E-state index contributed by atoms with van der Waals surface area (Å²) in [5.41, 5.74) is 2.44. The third-order valence-electron chi connectivity index (χ3n) is 5.46. The fraction of sp³-hybridized carbons (Fsp3) is 0.652. The minimum atomic E-state index is -0.340. The van der Waals surface area contributed by atoms with E-state index in [1.165, 1.54) is 56.1 Å². The number of benzene rings is 1. The predicted octanol–water partition coefficient (Wildman–Crippen LogP) is 4.78. The molecule has 5 nitrogen and oxygen atoms in total. The lowest BCUT2D eigenvalue weighted by Crippen LogP contribution is -2.59. The van der Waals surface area contributed by atoms with Crippen LogP contribution in [0.1, 0.15) is 83.3 Å². The molecule has 154 valence electrons. The van der Waals surface area contributed by atoms with E-state index in [-0.39, 0.29) is 5.66 Å². The van der Waals surface area contributed by atoms with Gasteiger partial charge >= 0.3 is 0 Å². The van der Waals surface area contributed by atoms with Crippen LogP contribution in [0.5, 0.6) is 0 Å². The number of nitrogens with zero attached hydrogens (tertiary/aromatic N) is 3.